The van der Waals surface area contributed by atoms with E-state index >= 15 is 0 Å². The summed E-state index contributed by atoms with van der Waals surface area (Å²) in [5.41, 5.74) is 7.22. The third-order valence-electron chi connectivity index (χ3n) is 4.81. The Hall–Kier alpha value is -3.64. The van der Waals surface area contributed by atoms with E-state index in [9.17, 15) is 19.6 Å². The summed E-state index contributed by atoms with van der Waals surface area (Å²) in [5, 5.41) is 9.82. The van der Waals surface area contributed by atoms with Crippen LogP contribution in [-0.4, -0.2) is 25.7 Å². The molecule has 3 rings (SSSR count). The number of carbonyl (C=O) groups excluding carboxylic acids is 1. The number of aromatic nitrogens is 3. The summed E-state index contributed by atoms with van der Waals surface area (Å²) >= 11 is 1.07. The molecule has 2 aromatic heterocycles. The first-order valence-corrected chi connectivity index (χ1v) is 10.4. The molecule has 0 saturated heterocycles. The normalized spacial score (nSPS) is 10.6. The number of thioether (sulfide) groups is 1. The largest absolute Gasteiger partial charge is 0.384 e. The highest BCUT2D eigenvalue weighted by Gasteiger charge is 2.22. The molecule has 0 fully saturated rings. The fourth-order valence-electron chi connectivity index (χ4n) is 3.21. The first-order valence-electron chi connectivity index (χ1n) is 9.42. The van der Waals surface area contributed by atoms with Gasteiger partial charge in [-0.05, 0) is 31.0 Å². The van der Waals surface area contributed by atoms with Gasteiger partial charge in [0.15, 0.2) is 5.78 Å². The van der Waals surface area contributed by atoms with E-state index < -0.39 is 17.0 Å². The average Bonchev–Trinajstić information content (AvgIpc) is 2.74. The van der Waals surface area contributed by atoms with Crippen LogP contribution in [0.3, 0.4) is 0 Å². The van der Waals surface area contributed by atoms with Crippen molar-refractivity contribution in [1.82, 2.24) is 14.1 Å². The van der Waals surface area contributed by atoms with Gasteiger partial charge in [-0.15, -0.1) is 0 Å². The third-order valence-corrected chi connectivity index (χ3v) is 5.78. The SMILES string of the molecule is Cc1cc(C)c(C#N)c(SCC(=O)c2c(N)n(Cc3ccccc3)c(=O)n(C)c2=O)n1. The maximum absolute atomic E-state index is 13.0. The number of Topliss-reactive ketones (excluding diaryl/α,β-unsaturated/α-hetero) is 1. The average molecular weight is 436 g/mol. The van der Waals surface area contributed by atoms with Gasteiger partial charge in [0.1, 0.15) is 22.5 Å². The van der Waals surface area contributed by atoms with Gasteiger partial charge in [0, 0.05) is 12.7 Å². The van der Waals surface area contributed by atoms with E-state index in [0.29, 0.717) is 10.6 Å². The fourth-order valence-corrected chi connectivity index (χ4v) is 4.18. The van der Waals surface area contributed by atoms with Crippen molar-refractivity contribution >= 4 is 23.4 Å². The first kappa shape index (κ1) is 22.1. The number of benzene rings is 1. The topological polar surface area (TPSA) is 124 Å². The number of nitrogens with zero attached hydrogens (tertiary/aromatic N) is 4. The van der Waals surface area contributed by atoms with Gasteiger partial charge in [0.05, 0.1) is 17.9 Å². The first-order chi connectivity index (χ1) is 14.7. The number of nitriles is 1. The van der Waals surface area contributed by atoms with E-state index in [1.807, 2.05) is 30.3 Å². The Kier molecular flexibility index (Phi) is 6.42. The van der Waals surface area contributed by atoms with Crippen LogP contribution in [0.5, 0.6) is 0 Å². The standard InChI is InChI=1S/C22H21N5O3S/c1-13-9-14(2)25-20(16(13)10-23)31-12-17(28)18-19(24)27(22(30)26(3)21(18)29)11-15-7-5-4-6-8-15/h4-9H,11-12,24H2,1-3H3. The van der Waals surface area contributed by atoms with Crippen molar-refractivity contribution in [3.8, 4) is 6.07 Å². The van der Waals surface area contributed by atoms with Crippen LogP contribution in [0.1, 0.15) is 32.7 Å². The number of hydrogen-bond acceptors (Lipinski definition) is 7. The van der Waals surface area contributed by atoms with Crippen LogP contribution in [0, 0.1) is 25.2 Å². The molecule has 0 atom stereocenters. The molecular formula is C22H21N5O3S. The minimum Gasteiger partial charge on any atom is -0.384 e. The second-order valence-electron chi connectivity index (χ2n) is 7.06. The van der Waals surface area contributed by atoms with Crippen molar-refractivity contribution < 1.29 is 4.79 Å². The van der Waals surface area contributed by atoms with Crippen LogP contribution < -0.4 is 17.0 Å². The summed E-state index contributed by atoms with van der Waals surface area (Å²) in [6.45, 7) is 3.73. The number of hydrogen-bond donors (Lipinski definition) is 1. The molecule has 0 unspecified atom stereocenters. The number of ketones is 1. The summed E-state index contributed by atoms with van der Waals surface area (Å²) in [4.78, 5) is 42.6. The Morgan fingerprint density at radius 1 is 1.23 bits per heavy atom. The minimum absolute atomic E-state index is 0.129. The molecule has 1 aromatic carbocycles. The molecule has 0 aliphatic heterocycles. The molecule has 0 saturated carbocycles. The van der Waals surface area contributed by atoms with Gasteiger partial charge in [-0.2, -0.15) is 5.26 Å². The number of nitrogen functional groups attached to an aromatic ring is 1. The van der Waals surface area contributed by atoms with Crippen LogP contribution >= 0.6 is 11.8 Å². The van der Waals surface area contributed by atoms with Gasteiger partial charge in [0.25, 0.3) is 5.56 Å². The molecule has 0 radical (unpaired) electrons. The highest BCUT2D eigenvalue weighted by Crippen LogP contribution is 2.24. The lowest BCUT2D eigenvalue weighted by Gasteiger charge is -2.15. The second kappa shape index (κ2) is 9.02. The molecule has 0 aliphatic rings. The van der Waals surface area contributed by atoms with Crippen LogP contribution in [0.15, 0.2) is 51.0 Å². The van der Waals surface area contributed by atoms with Gasteiger partial charge in [-0.25, -0.2) is 9.78 Å². The smallest absolute Gasteiger partial charge is 0.332 e. The van der Waals surface area contributed by atoms with Crippen molar-refractivity contribution in [3.05, 3.63) is 85.2 Å². The lowest BCUT2D eigenvalue weighted by molar-refractivity contribution is 0.102. The zero-order valence-corrected chi connectivity index (χ0v) is 18.2. The quantitative estimate of drug-likeness (QED) is 0.464. The maximum atomic E-state index is 13.0. The number of carbonyl (C=O) groups is 1. The summed E-state index contributed by atoms with van der Waals surface area (Å²) in [6.07, 6.45) is 0. The predicted octanol–water partition coefficient (Wildman–Crippen LogP) is 2.04. The number of nitrogens with two attached hydrogens (primary N) is 1. The van der Waals surface area contributed by atoms with E-state index in [1.165, 1.54) is 11.6 Å². The summed E-state index contributed by atoms with van der Waals surface area (Å²) < 4.78 is 2.09. The van der Waals surface area contributed by atoms with Crippen molar-refractivity contribution in [1.29, 1.82) is 5.26 Å². The van der Waals surface area contributed by atoms with E-state index in [1.54, 1.807) is 19.9 Å². The molecule has 0 aliphatic carbocycles. The van der Waals surface area contributed by atoms with Crippen molar-refractivity contribution in [2.75, 3.05) is 11.5 Å². The Labute approximate surface area is 183 Å². The van der Waals surface area contributed by atoms with Crippen LogP contribution in [0.2, 0.25) is 0 Å². The summed E-state index contributed by atoms with van der Waals surface area (Å²) in [5.74, 6) is -0.848. The van der Waals surface area contributed by atoms with Gasteiger partial charge in [-0.3, -0.25) is 18.7 Å². The predicted molar refractivity (Wildman–Crippen MR) is 119 cm³/mol. The molecule has 0 bridgehead atoms. The molecule has 0 spiro atoms. The lowest BCUT2D eigenvalue weighted by Crippen LogP contribution is -2.43. The highest BCUT2D eigenvalue weighted by atomic mass is 32.2. The van der Waals surface area contributed by atoms with Crippen molar-refractivity contribution in [2.24, 2.45) is 7.05 Å². The minimum atomic E-state index is -0.744. The zero-order valence-electron chi connectivity index (χ0n) is 17.4. The summed E-state index contributed by atoms with van der Waals surface area (Å²) in [6, 6.07) is 13.0. The van der Waals surface area contributed by atoms with E-state index in [-0.39, 0.29) is 23.7 Å². The molecule has 2 heterocycles. The van der Waals surface area contributed by atoms with Gasteiger partial charge in [0.2, 0.25) is 0 Å². The number of pyridine rings is 1. The second-order valence-corrected chi connectivity index (χ2v) is 8.03. The van der Waals surface area contributed by atoms with E-state index in [2.05, 4.69) is 11.1 Å². The van der Waals surface area contributed by atoms with Crippen LogP contribution in [0.4, 0.5) is 5.82 Å². The Bertz CT molecular complexity index is 1320. The molecule has 3 aromatic rings. The lowest BCUT2D eigenvalue weighted by atomic mass is 10.1. The molecule has 31 heavy (non-hydrogen) atoms. The Balaban J connectivity index is 1.98. The monoisotopic (exact) mass is 435 g/mol. The fraction of sp³-hybridized carbons (Fsp3) is 0.227. The van der Waals surface area contributed by atoms with Crippen molar-refractivity contribution in [3.63, 3.8) is 0 Å². The Morgan fingerprint density at radius 2 is 1.90 bits per heavy atom. The summed E-state index contributed by atoms with van der Waals surface area (Å²) in [7, 11) is 1.31. The zero-order chi connectivity index (χ0) is 22.7. The number of aryl methyl sites for hydroxylation is 2. The molecule has 0 amide bonds. The van der Waals surface area contributed by atoms with Crippen LogP contribution in [0.25, 0.3) is 0 Å². The molecule has 158 valence electrons. The number of anilines is 1. The van der Waals surface area contributed by atoms with Gasteiger partial charge in [-0.1, -0.05) is 42.1 Å². The van der Waals surface area contributed by atoms with E-state index in [4.69, 9.17) is 5.73 Å². The Morgan fingerprint density at radius 3 is 2.55 bits per heavy atom. The van der Waals surface area contributed by atoms with Crippen molar-refractivity contribution in [2.45, 2.75) is 25.4 Å². The van der Waals surface area contributed by atoms with E-state index in [0.717, 1.165) is 33.1 Å². The third kappa shape index (κ3) is 4.44. The highest BCUT2D eigenvalue weighted by molar-refractivity contribution is 8.00. The number of rotatable bonds is 6. The molecular weight excluding hydrogens is 414 g/mol. The van der Waals surface area contributed by atoms with Crippen LogP contribution in [-0.2, 0) is 13.6 Å². The molecule has 2 N–H and O–H groups in total. The maximum Gasteiger partial charge on any atom is 0.332 e. The molecule has 9 heteroatoms. The molecule has 8 nitrogen and oxygen atoms in total. The van der Waals surface area contributed by atoms with Gasteiger partial charge >= 0.3 is 5.69 Å². The van der Waals surface area contributed by atoms with Gasteiger partial charge < -0.3 is 5.73 Å².